The highest BCUT2D eigenvalue weighted by atomic mass is 28.4. The zero-order valence-corrected chi connectivity index (χ0v) is 33.2. The van der Waals surface area contributed by atoms with Crippen LogP contribution >= 0.6 is 0 Å². The van der Waals surface area contributed by atoms with Gasteiger partial charge in [0.1, 0.15) is 23.5 Å². The highest BCUT2D eigenvalue weighted by Crippen LogP contribution is 2.52. The number of aliphatic hydroxyl groups is 1. The molecule has 1 fully saturated rings. The van der Waals surface area contributed by atoms with Gasteiger partial charge in [-0.05, 0) is 64.7 Å². The van der Waals surface area contributed by atoms with Crippen LogP contribution in [-0.2, 0) is 18.6 Å². The summed E-state index contributed by atoms with van der Waals surface area (Å²) in [6.45, 7) is 31.8. The predicted molar refractivity (Wildman–Crippen MR) is 187 cm³/mol. The molecule has 13 nitrogen and oxygen atoms in total. The Morgan fingerprint density at radius 3 is 2.02 bits per heavy atom. The van der Waals surface area contributed by atoms with Crippen LogP contribution in [0.15, 0.2) is 11.1 Å². The number of anilines is 1. The normalized spacial score (nSPS) is 21.6. The van der Waals surface area contributed by atoms with Crippen LogP contribution in [0.3, 0.4) is 0 Å². The molecule has 47 heavy (non-hydrogen) atoms. The van der Waals surface area contributed by atoms with Crippen molar-refractivity contribution in [1.82, 2.24) is 19.1 Å². The molecule has 3 heterocycles. The van der Waals surface area contributed by atoms with E-state index in [1.54, 1.807) is 46.1 Å². The van der Waals surface area contributed by atoms with Gasteiger partial charge in [0.25, 0.3) is 5.56 Å². The number of fused-ring (bicyclic) bond motifs is 1. The molecule has 15 heteroatoms. The van der Waals surface area contributed by atoms with Gasteiger partial charge < -0.3 is 23.7 Å². The van der Waals surface area contributed by atoms with Crippen molar-refractivity contribution in [3.63, 3.8) is 0 Å². The van der Waals surface area contributed by atoms with E-state index in [2.05, 4.69) is 83.0 Å². The molecule has 1 aliphatic rings. The van der Waals surface area contributed by atoms with E-state index >= 15 is 0 Å². The number of nitrogens with zero attached hydrogens (tertiary/aromatic N) is 4. The van der Waals surface area contributed by atoms with Gasteiger partial charge in [-0.2, -0.15) is 9.55 Å². The first kappa shape index (κ1) is 38.8. The summed E-state index contributed by atoms with van der Waals surface area (Å²) in [4.78, 5) is 48.8. The average Bonchev–Trinajstić information content (AvgIpc) is 3.41. The summed E-state index contributed by atoms with van der Waals surface area (Å²) in [6, 6.07) is 0. The molecule has 1 amide bonds. The summed E-state index contributed by atoms with van der Waals surface area (Å²) in [5.41, 5.74) is -2.72. The Labute approximate surface area is 280 Å². The number of hydrogen-bond acceptors (Lipinski definition) is 10. The maximum absolute atomic E-state index is 13.8. The van der Waals surface area contributed by atoms with E-state index in [4.69, 9.17) is 18.6 Å². The molecule has 3 rings (SSSR count). The minimum absolute atomic E-state index is 0.0455. The van der Waals surface area contributed by atoms with Crippen LogP contribution in [0.2, 0.25) is 36.3 Å². The predicted octanol–water partition coefficient (Wildman–Crippen LogP) is 6.81. The van der Waals surface area contributed by atoms with Crippen molar-refractivity contribution in [3.8, 4) is 0 Å². The van der Waals surface area contributed by atoms with Crippen molar-refractivity contribution in [2.24, 2.45) is 0 Å². The number of nitrogens with one attached hydrogen (secondary N) is 1. The molecule has 2 aromatic rings. The lowest BCUT2D eigenvalue weighted by Gasteiger charge is -2.49. The summed E-state index contributed by atoms with van der Waals surface area (Å²) < 4.78 is 26.3. The second-order valence-corrected chi connectivity index (χ2v) is 28.1. The van der Waals surface area contributed by atoms with E-state index in [0.717, 1.165) is 0 Å². The summed E-state index contributed by atoms with van der Waals surface area (Å²) in [5, 5.41) is 13.6. The van der Waals surface area contributed by atoms with Crippen molar-refractivity contribution in [2.45, 2.75) is 155 Å². The van der Waals surface area contributed by atoms with E-state index in [1.807, 2.05) is 0 Å². The Kier molecular flexibility index (Phi) is 10.2. The molecule has 0 aromatic carbocycles. The van der Waals surface area contributed by atoms with Crippen LogP contribution in [0, 0.1) is 0 Å². The molecular formula is C32H57N5O8Si2. The second-order valence-electron chi connectivity index (χ2n) is 17.7. The number of ether oxygens (including phenoxy) is 3. The molecule has 0 aliphatic carbocycles. The minimum atomic E-state index is -2.53. The molecule has 2 N–H and O–H groups in total. The van der Waals surface area contributed by atoms with Crippen LogP contribution in [0.5, 0.6) is 0 Å². The van der Waals surface area contributed by atoms with Gasteiger partial charge in [0.05, 0.1) is 26.2 Å². The van der Waals surface area contributed by atoms with Gasteiger partial charge in [-0.15, -0.1) is 0 Å². The molecule has 266 valence electrons. The Morgan fingerprint density at radius 1 is 0.979 bits per heavy atom. The molecule has 3 atom stereocenters. The smallest absolute Gasteiger partial charge is 0.424 e. The number of carbonyl (C=O) groups is 2. The number of carbonyl (C=O) groups excluding carboxylic acids is 2. The summed E-state index contributed by atoms with van der Waals surface area (Å²) in [6.07, 6.45) is -1.79. The van der Waals surface area contributed by atoms with Crippen molar-refractivity contribution in [3.05, 3.63) is 16.7 Å². The largest absolute Gasteiger partial charge is 0.444 e. The van der Waals surface area contributed by atoms with E-state index < -0.39 is 68.8 Å². The first-order valence-corrected chi connectivity index (χ1v) is 22.1. The monoisotopic (exact) mass is 695 g/mol. The lowest BCUT2D eigenvalue weighted by atomic mass is 10.1. The lowest BCUT2D eigenvalue weighted by Crippen LogP contribution is -2.65. The zero-order valence-electron chi connectivity index (χ0n) is 31.2. The Balaban J connectivity index is 2.18. The van der Waals surface area contributed by atoms with Crippen LogP contribution in [0.25, 0.3) is 11.2 Å². The molecule has 0 unspecified atom stereocenters. The number of amides is 1. The fraction of sp³-hybridized carbons (Fsp3) is 0.781. The first-order valence-electron chi connectivity index (χ1n) is 16.2. The molecule has 2 aromatic heterocycles. The van der Waals surface area contributed by atoms with Gasteiger partial charge in [-0.1, -0.05) is 54.6 Å². The number of imidazole rings is 1. The molecule has 0 radical (unpaired) electrons. The van der Waals surface area contributed by atoms with Crippen molar-refractivity contribution in [1.29, 1.82) is 0 Å². The van der Waals surface area contributed by atoms with E-state index in [-0.39, 0.29) is 34.3 Å². The topological polar surface area (TPSA) is 156 Å². The quantitative estimate of drug-likeness (QED) is 0.308. The Bertz CT molecular complexity index is 1560. The highest BCUT2D eigenvalue weighted by molar-refractivity contribution is 6.83. The number of rotatable bonds is 6. The van der Waals surface area contributed by atoms with E-state index in [1.165, 1.54) is 6.33 Å². The summed E-state index contributed by atoms with van der Waals surface area (Å²) >= 11 is 0. The molecule has 1 saturated heterocycles. The van der Waals surface area contributed by atoms with Gasteiger partial charge >= 0.3 is 12.2 Å². The summed E-state index contributed by atoms with van der Waals surface area (Å²) in [5.74, 6) is -0.400. The van der Waals surface area contributed by atoms with Crippen LogP contribution in [0.4, 0.5) is 15.5 Å². The maximum Gasteiger partial charge on any atom is 0.424 e. The minimum Gasteiger partial charge on any atom is -0.444 e. The van der Waals surface area contributed by atoms with Crippen LogP contribution < -0.4 is 10.9 Å². The zero-order chi connectivity index (χ0) is 36.3. The number of hydrogen-bond donors (Lipinski definition) is 2. The SMILES string of the molecule is CC(C)(C)OC(=O)Nc1nc2c(ncn2[C@H]2C[C@@](O)([Si](C)(C)C(C)(C)C)[C@@H](CO[Si](C)(C)C(C)(C)C)O2)c(=O)n1C(=O)OC(C)(C)C. The maximum atomic E-state index is 13.8. The first-order chi connectivity index (χ1) is 20.9. The lowest BCUT2D eigenvalue weighted by molar-refractivity contribution is -0.0549. The third-order valence-electron chi connectivity index (χ3n) is 9.79. The molecule has 0 spiro atoms. The van der Waals surface area contributed by atoms with Crippen molar-refractivity contribution in [2.75, 3.05) is 11.9 Å². The number of aromatic nitrogens is 4. The third kappa shape index (κ3) is 8.01. The Morgan fingerprint density at radius 2 is 1.53 bits per heavy atom. The van der Waals surface area contributed by atoms with Gasteiger partial charge in [-0.25, -0.2) is 14.6 Å². The van der Waals surface area contributed by atoms with Gasteiger partial charge in [0.2, 0.25) is 5.95 Å². The van der Waals surface area contributed by atoms with Gasteiger partial charge in [0.15, 0.2) is 19.5 Å². The average molecular weight is 696 g/mol. The molecule has 0 bridgehead atoms. The molecular weight excluding hydrogens is 639 g/mol. The van der Waals surface area contributed by atoms with Crippen molar-refractivity contribution < 1.29 is 33.3 Å². The van der Waals surface area contributed by atoms with Crippen LogP contribution in [-0.4, -0.2) is 81.9 Å². The fourth-order valence-corrected chi connectivity index (χ4v) is 8.97. The Hall–Kier alpha value is -2.60. The second kappa shape index (κ2) is 12.4. The standard InChI is InChI=1S/C32H57N5O8Si2/c1-28(2,3)44-26(39)35-25-34-23-22(24(38)37(25)27(40)45-29(4,5)6)33-19-36(23)21-17-32(41,46(13,14)30(7,8)9)20(43-21)18-42-47(15,16)31(10,11)12/h19-21,41H,17-18H2,1-16H3,(H,34,35,39)/t20-,21-,32-/m1/s1. The van der Waals surface area contributed by atoms with Crippen molar-refractivity contribution >= 4 is 45.7 Å². The van der Waals surface area contributed by atoms with E-state index in [9.17, 15) is 19.5 Å². The summed E-state index contributed by atoms with van der Waals surface area (Å²) in [7, 11) is -4.73. The molecule has 1 aliphatic heterocycles. The highest BCUT2D eigenvalue weighted by Gasteiger charge is 2.62. The van der Waals surface area contributed by atoms with E-state index in [0.29, 0.717) is 4.57 Å². The van der Waals surface area contributed by atoms with Crippen LogP contribution in [0.1, 0.15) is 95.7 Å². The molecule has 0 saturated carbocycles. The van der Waals surface area contributed by atoms with Gasteiger partial charge in [-0.3, -0.25) is 14.7 Å². The fourth-order valence-electron chi connectivity index (χ4n) is 5.03. The third-order valence-corrected chi connectivity index (χ3v) is 20.7. The van der Waals surface area contributed by atoms with Gasteiger partial charge in [0, 0.05) is 6.42 Å².